The summed E-state index contributed by atoms with van der Waals surface area (Å²) in [5.74, 6) is -1.66. The van der Waals surface area contributed by atoms with E-state index >= 15 is 0 Å². The molecule has 2 amide bonds. The Hall–Kier alpha value is -0.963. The van der Waals surface area contributed by atoms with Gasteiger partial charge >= 0.3 is 6.09 Å². The molecule has 0 N–H and O–H groups in total. The topological polar surface area (TPSA) is 74.3 Å². The van der Waals surface area contributed by atoms with Crippen molar-refractivity contribution >= 4 is 20.3 Å². The fraction of sp³-hybridized carbons (Fsp3) is 0.917. The molecular weight excluding hydrogens is 426 g/mol. The van der Waals surface area contributed by atoms with Crippen molar-refractivity contribution in [3.05, 3.63) is 0 Å². The number of amides is 2. The molecule has 0 aromatic heterocycles. The van der Waals surface area contributed by atoms with Crippen LogP contribution >= 0.6 is 0 Å². The maximum atomic E-state index is 13.6. The quantitative estimate of drug-likeness (QED) is 0.467. The molecule has 32 heavy (non-hydrogen) atoms. The van der Waals surface area contributed by atoms with Gasteiger partial charge in [0.25, 0.3) is 0 Å². The average molecular weight is 472 g/mol. The molecule has 0 radical (unpaired) electrons. The SMILES string of the molecule is CC[C@@H](O[Si](C)(C)C(C)(C)C)[C@@]1(C)OC(C)(C)O[C@@H]1[C@@H](C)C(=O)N1C(=O)OC[C@@H]1C(C)C. The van der Waals surface area contributed by atoms with Crippen LogP contribution in [0, 0.1) is 11.8 Å². The first-order chi connectivity index (χ1) is 14.4. The highest BCUT2D eigenvalue weighted by Crippen LogP contribution is 2.47. The van der Waals surface area contributed by atoms with Crippen LogP contribution in [0.2, 0.25) is 18.1 Å². The van der Waals surface area contributed by atoms with E-state index in [4.69, 9.17) is 18.6 Å². The molecule has 8 heteroatoms. The summed E-state index contributed by atoms with van der Waals surface area (Å²) in [6, 6.07) is -0.274. The lowest BCUT2D eigenvalue weighted by Gasteiger charge is -2.45. The van der Waals surface area contributed by atoms with E-state index < -0.39 is 37.8 Å². The molecule has 0 saturated carbocycles. The van der Waals surface area contributed by atoms with Crippen LogP contribution in [0.5, 0.6) is 0 Å². The van der Waals surface area contributed by atoms with E-state index in [1.54, 1.807) is 0 Å². The third-order valence-electron chi connectivity index (χ3n) is 7.45. The normalized spacial score (nSPS) is 30.5. The van der Waals surface area contributed by atoms with Gasteiger partial charge in [0, 0.05) is 0 Å². The molecule has 2 aliphatic rings. The number of ether oxygens (including phenoxy) is 3. The van der Waals surface area contributed by atoms with Gasteiger partial charge in [-0.15, -0.1) is 0 Å². The number of rotatable bonds is 7. The lowest BCUT2D eigenvalue weighted by molar-refractivity contribution is -0.177. The molecule has 2 heterocycles. The van der Waals surface area contributed by atoms with Gasteiger partial charge in [-0.1, -0.05) is 48.5 Å². The Kier molecular flexibility index (Phi) is 7.68. The lowest BCUT2D eigenvalue weighted by atomic mass is 9.83. The van der Waals surface area contributed by atoms with Crippen molar-refractivity contribution in [1.82, 2.24) is 4.90 Å². The zero-order chi connectivity index (χ0) is 24.9. The molecule has 186 valence electrons. The number of carbonyl (C=O) groups excluding carboxylic acids is 2. The van der Waals surface area contributed by atoms with Gasteiger partial charge < -0.3 is 18.6 Å². The maximum absolute atomic E-state index is 13.6. The predicted octanol–water partition coefficient (Wildman–Crippen LogP) is 5.34. The van der Waals surface area contributed by atoms with E-state index in [-0.39, 0.29) is 35.6 Å². The Balaban J connectivity index is 2.39. The van der Waals surface area contributed by atoms with E-state index in [0.29, 0.717) is 0 Å². The van der Waals surface area contributed by atoms with Crippen molar-refractivity contribution in [2.24, 2.45) is 11.8 Å². The van der Waals surface area contributed by atoms with Crippen LogP contribution in [0.1, 0.15) is 75.7 Å². The van der Waals surface area contributed by atoms with Crippen molar-refractivity contribution in [3.8, 4) is 0 Å². The Morgan fingerprint density at radius 3 is 2.25 bits per heavy atom. The number of cyclic esters (lactones) is 1. The summed E-state index contributed by atoms with van der Waals surface area (Å²) in [5.41, 5.74) is -0.847. The Morgan fingerprint density at radius 1 is 1.22 bits per heavy atom. The third kappa shape index (κ3) is 5.08. The van der Waals surface area contributed by atoms with Crippen LogP contribution in [0.4, 0.5) is 4.79 Å². The molecule has 0 aliphatic carbocycles. The average Bonchev–Trinajstić information content (AvgIpc) is 3.14. The predicted molar refractivity (Wildman–Crippen MR) is 127 cm³/mol. The Morgan fingerprint density at radius 2 is 1.78 bits per heavy atom. The van der Waals surface area contributed by atoms with Crippen molar-refractivity contribution in [3.63, 3.8) is 0 Å². The fourth-order valence-electron chi connectivity index (χ4n) is 4.55. The summed E-state index contributed by atoms with van der Waals surface area (Å²) < 4.78 is 24.8. The van der Waals surface area contributed by atoms with Crippen molar-refractivity contribution in [2.75, 3.05) is 6.61 Å². The highest BCUT2D eigenvalue weighted by Gasteiger charge is 2.60. The van der Waals surface area contributed by atoms with Gasteiger partial charge in [0.15, 0.2) is 14.1 Å². The minimum Gasteiger partial charge on any atom is -0.447 e. The number of hydrogen-bond donors (Lipinski definition) is 0. The van der Waals surface area contributed by atoms with E-state index in [1.165, 1.54) is 4.90 Å². The second kappa shape index (κ2) is 9.00. The summed E-state index contributed by atoms with van der Waals surface area (Å²) >= 11 is 0. The number of imide groups is 1. The zero-order valence-electron chi connectivity index (χ0n) is 22.2. The van der Waals surface area contributed by atoms with Crippen molar-refractivity contribution in [2.45, 2.75) is 123 Å². The van der Waals surface area contributed by atoms with Gasteiger partial charge in [0.05, 0.1) is 18.1 Å². The highest BCUT2D eigenvalue weighted by atomic mass is 28.4. The second-order valence-electron chi connectivity index (χ2n) is 11.9. The van der Waals surface area contributed by atoms with E-state index in [1.807, 2.05) is 41.5 Å². The smallest absolute Gasteiger partial charge is 0.416 e. The second-order valence-corrected chi connectivity index (χ2v) is 16.6. The maximum Gasteiger partial charge on any atom is 0.416 e. The summed E-state index contributed by atoms with van der Waals surface area (Å²) in [4.78, 5) is 27.3. The molecule has 2 saturated heterocycles. The lowest BCUT2D eigenvalue weighted by Crippen LogP contribution is -2.58. The summed E-state index contributed by atoms with van der Waals surface area (Å²) in [5, 5.41) is 0.0342. The van der Waals surface area contributed by atoms with Gasteiger partial charge in [-0.3, -0.25) is 4.79 Å². The number of hydrogen-bond acceptors (Lipinski definition) is 6. The van der Waals surface area contributed by atoms with Crippen LogP contribution in [0.15, 0.2) is 0 Å². The molecular formula is C24H45NO6Si. The molecule has 7 nitrogen and oxygen atoms in total. The van der Waals surface area contributed by atoms with Gasteiger partial charge in [0.1, 0.15) is 18.3 Å². The Bertz CT molecular complexity index is 716. The minimum atomic E-state index is -2.11. The Labute approximate surface area is 195 Å². The first-order valence-electron chi connectivity index (χ1n) is 11.9. The van der Waals surface area contributed by atoms with Crippen molar-refractivity contribution in [1.29, 1.82) is 0 Å². The van der Waals surface area contributed by atoms with Crippen LogP contribution in [0.25, 0.3) is 0 Å². The molecule has 2 fully saturated rings. The van der Waals surface area contributed by atoms with Gasteiger partial charge in [0.2, 0.25) is 5.91 Å². The van der Waals surface area contributed by atoms with Crippen LogP contribution in [-0.4, -0.2) is 61.5 Å². The largest absolute Gasteiger partial charge is 0.447 e. The molecule has 2 rings (SSSR count). The number of carbonyl (C=O) groups is 2. The minimum absolute atomic E-state index is 0.0342. The zero-order valence-corrected chi connectivity index (χ0v) is 23.2. The molecule has 5 atom stereocenters. The molecule has 2 aliphatic heterocycles. The summed E-state index contributed by atoms with van der Waals surface area (Å²) in [6.45, 7) is 24.9. The molecule has 0 bridgehead atoms. The number of nitrogens with zero attached hydrogens (tertiary/aromatic N) is 1. The molecule has 0 spiro atoms. The van der Waals surface area contributed by atoms with E-state index in [2.05, 4.69) is 40.8 Å². The standard InChI is InChI=1S/C24H45NO6Si/c1-13-18(30-32(11,12)22(5,6)7)24(10)19(29-23(8,9)31-24)16(4)20(26)25-17(15(2)3)14-28-21(25)27/h15-19H,13-14H2,1-12H3/t16-,17-,18-,19-,24-/m1/s1. The van der Waals surface area contributed by atoms with Crippen LogP contribution < -0.4 is 0 Å². The fourth-order valence-corrected chi connectivity index (χ4v) is 6.01. The first kappa shape index (κ1) is 27.3. The van der Waals surface area contributed by atoms with Gasteiger partial charge in [-0.2, -0.15) is 0 Å². The van der Waals surface area contributed by atoms with Crippen molar-refractivity contribution < 1.29 is 28.2 Å². The summed E-state index contributed by atoms with van der Waals surface area (Å²) in [7, 11) is -2.11. The molecule has 0 aromatic rings. The molecule has 0 aromatic carbocycles. The van der Waals surface area contributed by atoms with Gasteiger partial charge in [-0.05, 0) is 51.2 Å². The first-order valence-corrected chi connectivity index (χ1v) is 14.8. The van der Waals surface area contributed by atoms with Crippen LogP contribution in [-0.2, 0) is 23.4 Å². The van der Waals surface area contributed by atoms with E-state index in [9.17, 15) is 9.59 Å². The molecule has 0 unspecified atom stereocenters. The monoisotopic (exact) mass is 471 g/mol. The van der Waals surface area contributed by atoms with Crippen LogP contribution in [0.3, 0.4) is 0 Å². The summed E-state index contributed by atoms with van der Waals surface area (Å²) in [6.07, 6.45) is -0.678. The third-order valence-corrected chi connectivity index (χ3v) is 11.9. The highest BCUT2D eigenvalue weighted by molar-refractivity contribution is 6.74. The van der Waals surface area contributed by atoms with E-state index in [0.717, 1.165) is 6.42 Å². The van der Waals surface area contributed by atoms with Gasteiger partial charge in [-0.25, -0.2) is 9.69 Å².